The minimum absolute atomic E-state index is 0.0122. The van der Waals surface area contributed by atoms with E-state index in [1.165, 1.54) is 18.8 Å². The zero-order chi connectivity index (χ0) is 22.1. The number of allylic oxidation sites excluding steroid dienone is 5. The summed E-state index contributed by atoms with van der Waals surface area (Å²) in [5, 5.41) is 2.84. The Balaban J connectivity index is 2.01. The third kappa shape index (κ3) is 5.81. The van der Waals surface area contributed by atoms with Crippen LogP contribution >= 0.6 is 0 Å². The van der Waals surface area contributed by atoms with Gasteiger partial charge in [0.1, 0.15) is 0 Å². The lowest BCUT2D eigenvalue weighted by Gasteiger charge is -2.25. The number of methoxy groups -OCH3 is 1. The highest BCUT2D eigenvalue weighted by Crippen LogP contribution is 2.35. The normalized spacial score (nSPS) is 21.0. The van der Waals surface area contributed by atoms with E-state index in [-0.39, 0.29) is 17.9 Å². The van der Waals surface area contributed by atoms with Crippen molar-refractivity contribution in [2.75, 3.05) is 13.7 Å². The van der Waals surface area contributed by atoms with Crippen LogP contribution in [0.2, 0.25) is 0 Å². The summed E-state index contributed by atoms with van der Waals surface area (Å²) in [6, 6.07) is -0.0122. The Morgan fingerprint density at radius 2 is 2.10 bits per heavy atom. The summed E-state index contributed by atoms with van der Waals surface area (Å²) in [5.74, 6) is -0.466. The van der Waals surface area contributed by atoms with Crippen molar-refractivity contribution in [1.82, 2.24) is 10.2 Å². The van der Waals surface area contributed by atoms with Crippen LogP contribution in [0.4, 0.5) is 0 Å². The number of nitrogens with zero attached hydrogens (tertiary/aromatic N) is 1. The second-order valence-electron chi connectivity index (χ2n) is 7.43. The van der Waals surface area contributed by atoms with Crippen molar-refractivity contribution in [1.29, 1.82) is 0 Å². The fraction of sp³-hybridized carbons (Fsp3) is 0.458. The molecule has 6 heteroatoms. The third-order valence-corrected chi connectivity index (χ3v) is 5.46. The van der Waals surface area contributed by atoms with E-state index in [0.717, 1.165) is 31.3 Å². The molecule has 0 saturated carbocycles. The lowest BCUT2D eigenvalue weighted by Crippen LogP contribution is -2.36. The SMILES string of the molecule is C=C/C(=C\C=C(/C)NC(=O)CCC1C2=C(CCC/C=C\C2)C(=O)N1CC)C(=O)OC. The van der Waals surface area contributed by atoms with Crippen LogP contribution in [0.3, 0.4) is 0 Å². The highest BCUT2D eigenvalue weighted by molar-refractivity contribution is 5.98. The van der Waals surface area contributed by atoms with Crippen LogP contribution in [-0.2, 0) is 19.1 Å². The quantitative estimate of drug-likeness (QED) is 0.285. The molecule has 0 aromatic heterocycles. The summed E-state index contributed by atoms with van der Waals surface area (Å²) in [6.07, 6.45) is 13.4. The van der Waals surface area contributed by atoms with Crippen molar-refractivity contribution in [3.05, 3.63) is 59.4 Å². The largest absolute Gasteiger partial charge is 0.465 e. The van der Waals surface area contributed by atoms with Crippen LogP contribution in [0.1, 0.15) is 52.4 Å². The molecule has 0 saturated heterocycles. The first-order chi connectivity index (χ1) is 14.4. The molecule has 0 aromatic rings. The minimum Gasteiger partial charge on any atom is -0.465 e. The van der Waals surface area contributed by atoms with Gasteiger partial charge in [0, 0.05) is 24.2 Å². The van der Waals surface area contributed by atoms with Gasteiger partial charge in [-0.2, -0.15) is 0 Å². The van der Waals surface area contributed by atoms with E-state index >= 15 is 0 Å². The van der Waals surface area contributed by atoms with Crippen LogP contribution < -0.4 is 5.32 Å². The average Bonchev–Trinajstić information content (AvgIpc) is 2.95. The average molecular weight is 413 g/mol. The number of hydrogen-bond acceptors (Lipinski definition) is 4. The standard InChI is InChI=1S/C24H32N2O4/c1-5-18(24(29)30-4)14-13-17(3)25-22(27)16-15-21-19-11-9-7-8-10-12-20(19)23(28)26(21)6-2/h5,7,9,13-14,21H,1,6,8,10-12,15-16H2,2-4H3,(H,25,27)/b9-7-,17-13+,18-14+. The molecule has 30 heavy (non-hydrogen) atoms. The topological polar surface area (TPSA) is 75.7 Å². The second-order valence-corrected chi connectivity index (χ2v) is 7.43. The van der Waals surface area contributed by atoms with Gasteiger partial charge in [-0.05, 0) is 63.7 Å². The number of nitrogens with one attached hydrogen (secondary N) is 1. The van der Waals surface area contributed by atoms with E-state index in [4.69, 9.17) is 0 Å². The van der Waals surface area contributed by atoms with Gasteiger partial charge < -0.3 is 15.0 Å². The zero-order valence-corrected chi connectivity index (χ0v) is 18.2. The Kier molecular flexibility index (Phi) is 8.84. The van der Waals surface area contributed by atoms with Crippen molar-refractivity contribution in [2.45, 2.75) is 58.4 Å². The highest BCUT2D eigenvalue weighted by Gasteiger charge is 2.37. The van der Waals surface area contributed by atoms with E-state index in [1.54, 1.807) is 19.1 Å². The molecule has 2 aliphatic rings. The Hall–Kier alpha value is -2.89. The van der Waals surface area contributed by atoms with Crippen LogP contribution in [0.25, 0.3) is 0 Å². The Morgan fingerprint density at radius 1 is 1.33 bits per heavy atom. The molecule has 0 fully saturated rings. The maximum absolute atomic E-state index is 12.8. The number of hydrogen-bond donors (Lipinski definition) is 1. The fourth-order valence-electron chi connectivity index (χ4n) is 3.93. The number of ether oxygens (including phenoxy) is 1. The van der Waals surface area contributed by atoms with Gasteiger partial charge in [0.25, 0.3) is 0 Å². The van der Waals surface area contributed by atoms with Gasteiger partial charge in [0.2, 0.25) is 11.8 Å². The minimum atomic E-state index is -0.483. The third-order valence-electron chi connectivity index (χ3n) is 5.46. The van der Waals surface area contributed by atoms with E-state index < -0.39 is 5.97 Å². The number of amides is 2. The van der Waals surface area contributed by atoms with Gasteiger partial charge in [-0.1, -0.05) is 24.8 Å². The van der Waals surface area contributed by atoms with Gasteiger partial charge in [-0.25, -0.2) is 4.79 Å². The smallest absolute Gasteiger partial charge is 0.337 e. The van der Waals surface area contributed by atoms with E-state index in [1.807, 2.05) is 11.8 Å². The summed E-state index contributed by atoms with van der Waals surface area (Å²) in [5.41, 5.74) is 3.06. The van der Waals surface area contributed by atoms with Crippen LogP contribution in [0, 0.1) is 0 Å². The van der Waals surface area contributed by atoms with Crippen LogP contribution in [-0.4, -0.2) is 42.4 Å². The summed E-state index contributed by atoms with van der Waals surface area (Å²) in [4.78, 5) is 38.7. The Labute approximate surface area is 179 Å². The predicted octanol–water partition coefficient (Wildman–Crippen LogP) is 3.73. The zero-order valence-electron chi connectivity index (χ0n) is 18.2. The molecule has 0 bridgehead atoms. The first kappa shape index (κ1) is 23.4. The molecule has 2 rings (SSSR count). The lowest BCUT2D eigenvalue weighted by atomic mass is 9.93. The summed E-state index contributed by atoms with van der Waals surface area (Å²) in [6.45, 7) is 7.96. The second kappa shape index (κ2) is 11.3. The molecule has 1 N–H and O–H groups in total. The molecule has 1 heterocycles. The predicted molar refractivity (Wildman–Crippen MR) is 117 cm³/mol. The summed E-state index contributed by atoms with van der Waals surface area (Å²) >= 11 is 0. The number of esters is 1. The monoisotopic (exact) mass is 412 g/mol. The molecule has 0 radical (unpaired) electrons. The van der Waals surface area contributed by atoms with Crippen LogP contribution in [0.5, 0.6) is 0 Å². The number of carbonyl (C=O) groups excluding carboxylic acids is 3. The number of carbonyl (C=O) groups is 3. The Bertz CT molecular complexity index is 817. The summed E-state index contributed by atoms with van der Waals surface area (Å²) < 4.78 is 4.67. The highest BCUT2D eigenvalue weighted by atomic mass is 16.5. The molecular weight excluding hydrogens is 380 g/mol. The van der Waals surface area contributed by atoms with Crippen LogP contribution in [0.15, 0.2) is 59.4 Å². The number of rotatable bonds is 8. The first-order valence-corrected chi connectivity index (χ1v) is 10.5. The molecule has 6 nitrogen and oxygen atoms in total. The molecule has 1 aliphatic heterocycles. The van der Waals surface area contributed by atoms with E-state index in [9.17, 15) is 14.4 Å². The van der Waals surface area contributed by atoms with E-state index in [2.05, 4.69) is 28.8 Å². The van der Waals surface area contributed by atoms with Gasteiger partial charge in [0.15, 0.2) is 0 Å². The first-order valence-electron chi connectivity index (χ1n) is 10.5. The molecule has 1 aliphatic carbocycles. The van der Waals surface area contributed by atoms with Gasteiger partial charge >= 0.3 is 5.97 Å². The maximum atomic E-state index is 12.8. The van der Waals surface area contributed by atoms with Crippen molar-refractivity contribution < 1.29 is 19.1 Å². The van der Waals surface area contributed by atoms with Crippen molar-refractivity contribution in [3.8, 4) is 0 Å². The van der Waals surface area contributed by atoms with Crippen molar-refractivity contribution in [3.63, 3.8) is 0 Å². The van der Waals surface area contributed by atoms with Gasteiger partial charge in [0.05, 0.1) is 18.7 Å². The lowest BCUT2D eigenvalue weighted by molar-refractivity contribution is -0.135. The maximum Gasteiger partial charge on any atom is 0.337 e. The number of likely N-dealkylation sites (N-methyl/N-ethyl adjacent to an activating group) is 1. The van der Waals surface area contributed by atoms with Gasteiger partial charge in [-0.3, -0.25) is 9.59 Å². The van der Waals surface area contributed by atoms with Crippen molar-refractivity contribution in [2.24, 2.45) is 0 Å². The molecule has 0 aromatic carbocycles. The fourth-order valence-corrected chi connectivity index (χ4v) is 3.93. The molecule has 162 valence electrons. The molecular formula is C24H32N2O4. The van der Waals surface area contributed by atoms with Crippen molar-refractivity contribution >= 4 is 17.8 Å². The summed E-state index contributed by atoms with van der Waals surface area (Å²) in [7, 11) is 1.30. The molecule has 2 amide bonds. The Morgan fingerprint density at radius 3 is 2.77 bits per heavy atom. The molecule has 0 spiro atoms. The van der Waals surface area contributed by atoms with Gasteiger partial charge in [-0.15, -0.1) is 0 Å². The molecule has 1 atom stereocenters. The molecule has 1 unspecified atom stereocenters. The van der Waals surface area contributed by atoms with E-state index in [0.29, 0.717) is 30.7 Å².